The zero-order chi connectivity index (χ0) is 21.6. The van der Waals surface area contributed by atoms with Gasteiger partial charge in [0.15, 0.2) is 0 Å². The summed E-state index contributed by atoms with van der Waals surface area (Å²) in [7, 11) is 0. The number of hydrogen-bond acceptors (Lipinski definition) is 6. The topological polar surface area (TPSA) is 151 Å². The molecule has 1 atom stereocenters. The van der Waals surface area contributed by atoms with E-state index in [4.69, 9.17) is 9.84 Å². The van der Waals surface area contributed by atoms with Gasteiger partial charge in [-0.15, -0.1) is 0 Å². The number of alkyl carbamates (subject to hydrolysis) is 1. The Bertz CT molecular complexity index is 850. The fourth-order valence-electron chi connectivity index (χ4n) is 2.28. The minimum atomic E-state index is -1.25. The molecule has 11 heteroatoms. The molecule has 2 amide bonds. The maximum atomic E-state index is 12.5. The molecule has 0 saturated carbocycles. The Morgan fingerprint density at radius 3 is 2.46 bits per heavy atom. The van der Waals surface area contributed by atoms with E-state index in [1.165, 1.54) is 13.1 Å². The van der Waals surface area contributed by atoms with Crippen molar-refractivity contribution in [3.8, 4) is 0 Å². The molecule has 0 unspecified atom stereocenters. The monoisotopic (exact) mass is 398 g/mol. The fraction of sp³-hybridized carbons (Fsp3) is 0.588. The first kappa shape index (κ1) is 22.9. The second-order valence-corrected chi connectivity index (χ2v) is 7.41. The number of hydrogen-bond donors (Lipinski definition) is 3. The number of aliphatic carboxylic acids is 1. The second-order valence-electron chi connectivity index (χ2n) is 7.41. The van der Waals surface area contributed by atoms with Crippen molar-refractivity contribution in [3.63, 3.8) is 0 Å². The third-order valence-corrected chi connectivity index (χ3v) is 3.43. The second kappa shape index (κ2) is 9.20. The van der Waals surface area contributed by atoms with Crippen LogP contribution in [0.5, 0.6) is 0 Å². The highest BCUT2D eigenvalue weighted by Gasteiger charge is 2.23. The summed E-state index contributed by atoms with van der Waals surface area (Å²) in [5.41, 5.74) is -1.81. The Kier molecular flexibility index (Phi) is 7.53. The minimum absolute atomic E-state index is 0.110. The number of aromatic nitrogens is 2. The van der Waals surface area contributed by atoms with Crippen LogP contribution in [0.2, 0.25) is 0 Å². The third kappa shape index (κ3) is 7.64. The first-order chi connectivity index (χ1) is 12.8. The molecular weight excluding hydrogens is 372 g/mol. The van der Waals surface area contributed by atoms with Crippen LogP contribution in [-0.2, 0) is 20.9 Å². The first-order valence-corrected chi connectivity index (χ1v) is 8.58. The zero-order valence-electron chi connectivity index (χ0n) is 16.6. The number of nitrogens with zero attached hydrogens (tertiary/aromatic N) is 2. The average Bonchev–Trinajstić information content (AvgIpc) is 2.49. The van der Waals surface area contributed by atoms with Gasteiger partial charge in [-0.3, -0.25) is 23.9 Å². The summed E-state index contributed by atoms with van der Waals surface area (Å²) in [6.07, 6.45) is 0.524. The SMILES string of the molecule is Cc1cn(CC(=O)N(CC(=O)O)C[C@H](C)NC(=O)OC(C)(C)C)c(=O)[nH]c1=O. The molecule has 3 N–H and O–H groups in total. The molecule has 1 aromatic rings. The van der Waals surface area contributed by atoms with Gasteiger partial charge in [0.1, 0.15) is 18.7 Å². The number of carboxylic acids is 1. The number of ether oxygens (including phenoxy) is 1. The van der Waals surface area contributed by atoms with E-state index in [9.17, 15) is 24.0 Å². The maximum Gasteiger partial charge on any atom is 0.407 e. The van der Waals surface area contributed by atoms with Gasteiger partial charge >= 0.3 is 17.8 Å². The number of H-pyrrole nitrogens is 1. The predicted octanol–water partition coefficient (Wildman–Crippen LogP) is -0.329. The molecule has 0 radical (unpaired) electrons. The highest BCUT2D eigenvalue weighted by atomic mass is 16.6. The van der Waals surface area contributed by atoms with Crippen LogP contribution < -0.4 is 16.6 Å². The molecule has 0 bridgehead atoms. The molecule has 1 aromatic heterocycles. The minimum Gasteiger partial charge on any atom is -0.480 e. The predicted molar refractivity (Wildman–Crippen MR) is 99.1 cm³/mol. The molecule has 0 aliphatic carbocycles. The fourth-order valence-corrected chi connectivity index (χ4v) is 2.28. The molecule has 0 aliphatic rings. The van der Waals surface area contributed by atoms with Crippen molar-refractivity contribution < 1.29 is 24.2 Å². The van der Waals surface area contributed by atoms with Crippen LogP contribution in [0.25, 0.3) is 0 Å². The van der Waals surface area contributed by atoms with E-state index in [1.54, 1.807) is 27.7 Å². The quantitative estimate of drug-likeness (QED) is 0.569. The van der Waals surface area contributed by atoms with Gasteiger partial charge in [0, 0.05) is 24.3 Å². The number of rotatable bonds is 7. The van der Waals surface area contributed by atoms with Crippen molar-refractivity contribution in [1.82, 2.24) is 19.8 Å². The van der Waals surface area contributed by atoms with Crippen molar-refractivity contribution in [2.45, 2.75) is 52.8 Å². The number of aromatic amines is 1. The van der Waals surface area contributed by atoms with Crippen molar-refractivity contribution in [3.05, 3.63) is 32.6 Å². The van der Waals surface area contributed by atoms with Gasteiger partial charge in [-0.05, 0) is 34.6 Å². The van der Waals surface area contributed by atoms with Crippen LogP contribution in [0.3, 0.4) is 0 Å². The van der Waals surface area contributed by atoms with E-state index < -0.39 is 54.0 Å². The Hall–Kier alpha value is -3.11. The molecule has 0 spiro atoms. The molecule has 1 heterocycles. The molecule has 0 aromatic carbocycles. The Morgan fingerprint density at radius 2 is 1.93 bits per heavy atom. The van der Waals surface area contributed by atoms with Crippen LogP contribution in [0.4, 0.5) is 4.79 Å². The van der Waals surface area contributed by atoms with Crippen LogP contribution in [0, 0.1) is 6.92 Å². The first-order valence-electron chi connectivity index (χ1n) is 8.58. The van der Waals surface area contributed by atoms with E-state index in [2.05, 4.69) is 10.3 Å². The van der Waals surface area contributed by atoms with E-state index in [0.29, 0.717) is 0 Å². The summed E-state index contributed by atoms with van der Waals surface area (Å²) < 4.78 is 6.10. The molecule has 0 saturated heterocycles. The van der Waals surface area contributed by atoms with Crippen molar-refractivity contribution in [2.75, 3.05) is 13.1 Å². The van der Waals surface area contributed by atoms with Crippen molar-refractivity contribution in [1.29, 1.82) is 0 Å². The van der Waals surface area contributed by atoms with Crippen LogP contribution >= 0.6 is 0 Å². The van der Waals surface area contributed by atoms with E-state index in [-0.39, 0.29) is 12.1 Å². The number of carboxylic acid groups (broad SMARTS) is 1. The smallest absolute Gasteiger partial charge is 0.407 e. The zero-order valence-corrected chi connectivity index (χ0v) is 16.6. The van der Waals surface area contributed by atoms with E-state index >= 15 is 0 Å². The third-order valence-electron chi connectivity index (χ3n) is 3.43. The van der Waals surface area contributed by atoms with Gasteiger partial charge < -0.3 is 20.1 Å². The summed E-state index contributed by atoms with van der Waals surface area (Å²) in [4.78, 5) is 61.7. The number of nitrogens with one attached hydrogen (secondary N) is 2. The highest BCUT2D eigenvalue weighted by molar-refractivity contribution is 5.81. The molecule has 1 rings (SSSR count). The van der Waals surface area contributed by atoms with Gasteiger partial charge in [-0.2, -0.15) is 0 Å². The largest absolute Gasteiger partial charge is 0.480 e. The molecule has 0 aliphatic heterocycles. The van der Waals surface area contributed by atoms with Gasteiger partial charge in [-0.25, -0.2) is 9.59 Å². The number of amides is 2. The van der Waals surface area contributed by atoms with Crippen LogP contribution in [-0.4, -0.2) is 62.3 Å². The summed E-state index contributed by atoms with van der Waals surface area (Å²) >= 11 is 0. The Balaban J connectivity index is 2.87. The maximum absolute atomic E-state index is 12.5. The molecular formula is C17H26N4O7. The summed E-state index contributed by atoms with van der Waals surface area (Å²) in [5, 5.41) is 11.6. The lowest BCUT2D eigenvalue weighted by Crippen LogP contribution is -2.48. The van der Waals surface area contributed by atoms with Gasteiger partial charge in [-0.1, -0.05) is 0 Å². The van der Waals surface area contributed by atoms with E-state index in [1.807, 2.05) is 0 Å². The number of carbonyl (C=O) groups excluding carboxylic acids is 2. The summed E-state index contributed by atoms with van der Waals surface area (Å²) in [5.74, 6) is -1.91. The lowest BCUT2D eigenvalue weighted by atomic mass is 10.2. The van der Waals surface area contributed by atoms with Gasteiger partial charge in [0.25, 0.3) is 5.56 Å². The Morgan fingerprint density at radius 1 is 1.32 bits per heavy atom. The van der Waals surface area contributed by atoms with Gasteiger partial charge in [0.05, 0.1) is 0 Å². The molecule has 156 valence electrons. The average molecular weight is 398 g/mol. The van der Waals surface area contributed by atoms with Crippen molar-refractivity contribution >= 4 is 18.0 Å². The number of aryl methyl sites for hydroxylation is 1. The Labute approximate surface area is 161 Å². The standard InChI is InChI=1S/C17H26N4O7/c1-10-6-21(15(26)19-14(10)25)8-12(22)20(9-13(23)24)7-11(2)18-16(27)28-17(3,4)5/h6,11H,7-9H2,1-5H3,(H,18,27)(H,23,24)(H,19,25,26)/t11-/m0/s1. The van der Waals surface area contributed by atoms with Crippen molar-refractivity contribution in [2.24, 2.45) is 0 Å². The molecule has 0 fully saturated rings. The lowest BCUT2D eigenvalue weighted by molar-refractivity contribution is -0.145. The van der Waals surface area contributed by atoms with E-state index in [0.717, 1.165) is 9.47 Å². The van der Waals surface area contributed by atoms with Gasteiger partial charge in [0.2, 0.25) is 5.91 Å². The summed E-state index contributed by atoms with van der Waals surface area (Å²) in [6.45, 7) is 6.97. The van der Waals surface area contributed by atoms with Crippen LogP contribution in [0.1, 0.15) is 33.3 Å². The number of carbonyl (C=O) groups is 3. The highest BCUT2D eigenvalue weighted by Crippen LogP contribution is 2.07. The summed E-state index contributed by atoms with van der Waals surface area (Å²) in [6, 6.07) is -0.604. The van der Waals surface area contributed by atoms with Crippen LogP contribution in [0.15, 0.2) is 15.8 Å². The lowest BCUT2D eigenvalue weighted by Gasteiger charge is -2.26. The molecule has 11 nitrogen and oxygen atoms in total. The normalized spacial score (nSPS) is 12.2. The molecule has 28 heavy (non-hydrogen) atoms.